The number of rotatable bonds is 6. The van der Waals surface area contributed by atoms with Crippen LogP contribution in [0.2, 0.25) is 0 Å². The van der Waals surface area contributed by atoms with Gasteiger partial charge in [-0.25, -0.2) is 4.79 Å². The van der Waals surface area contributed by atoms with Crippen molar-refractivity contribution in [3.63, 3.8) is 0 Å². The highest BCUT2D eigenvalue weighted by Gasteiger charge is 2.10. The molecule has 0 bridgehead atoms. The van der Waals surface area contributed by atoms with Crippen molar-refractivity contribution < 1.29 is 9.73 Å². The van der Waals surface area contributed by atoms with Crippen molar-refractivity contribution in [2.24, 2.45) is 0 Å². The molecule has 0 atom stereocenters. The van der Waals surface area contributed by atoms with Crippen molar-refractivity contribution in [2.45, 2.75) is 19.4 Å². The van der Waals surface area contributed by atoms with Crippen molar-refractivity contribution in [3.8, 4) is 0 Å². The molecule has 130 valence electrons. The minimum absolute atomic E-state index is 0.277. The zero-order chi connectivity index (χ0) is 17.8. The first-order chi connectivity index (χ1) is 12.8. The normalized spacial score (nSPS) is 11.2. The fourth-order valence-electron chi connectivity index (χ4n) is 3.53. The number of quaternary nitrogens is 1. The minimum atomic E-state index is -0.277. The van der Waals surface area contributed by atoms with E-state index in [4.69, 9.17) is 4.42 Å². The third-order valence-corrected chi connectivity index (χ3v) is 4.80. The lowest BCUT2D eigenvalue weighted by Gasteiger charge is -2.08. The molecule has 0 unspecified atom stereocenters. The first kappa shape index (κ1) is 16.6. The summed E-state index contributed by atoms with van der Waals surface area (Å²) in [4.78, 5) is 11.9. The average molecular weight is 344 g/mol. The van der Waals surface area contributed by atoms with Gasteiger partial charge in [-0.1, -0.05) is 60.7 Å². The van der Waals surface area contributed by atoms with Gasteiger partial charge in [-0.2, -0.15) is 0 Å². The highest BCUT2D eigenvalue weighted by Crippen LogP contribution is 2.26. The molecule has 0 aliphatic rings. The van der Waals surface area contributed by atoms with Crippen LogP contribution < -0.4 is 10.9 Å². The van der Waals surface area contributed by atoms with E-state index >= 15 is 0 Å². The Hall–Kier alpha value is -2.91. The third kappa shape index (κ3) is 3.53. The Kier molecular flexibility index (Phi) is 4.80. The lowest BCUT2D eigenvalue weighted by atomic mass is 10.0. The molecule has 1 aromatic heterocycles. The van der Waals surface area contributed by atoms with Crippen LogP contribution in [0.3, 0.4) is 0 Å². The van der Waals surface area contributed by atoms with Gasteiger partial charge < -0.3 is 9.73 Å². The predicted octanol–water partition coefficient (Wildman–Crippen LogP) is 3.64. The van der Waals surface area contributed by atoms with Gasteiger partial charge in [0, 0.05) is 23.4 Å². The molecule has 0 saturated heterocycles. The molecule has 0 amide bonds. The minimum Gasteiger partial charge on any atom is -0.423 e. The van der Waals surface area contributed by atoms with Gasteiger partial charge in [0.2, 0.25) is 0 Å². The second-order valence-electron chi connectivity index (χ2n) is 6.62. The van der Waals surface area contributed by atoms with Gasteiger partial charge in [0.05, 0.1) is 6.54 Å². The molecule has 0 saturated carbocycles. The predicted molar refractivity (Wildman–Crippen MR) is 105 cm³/mol. The summed E-state index contributed by atoms with van der Waals surface area (Å²) < 4.78 is 5.43. The maximum absolute atomic E-state index is 11.9. The lowest BCUT2D eigenvalue weighted by molar-refractivity contribution is -0.670. The van der Waals surface area contributed by atoms with E-state index in [1.165, 1.54) is 10.9 Å². The van der Waals surface area contributed by atoms with E-state index in [0.717, 1.165) is 42.3 Å². The van der Waals surface area contributed by atoms with E-state index in [0.29, 0.717) is 5.58 Å². The van der Waals surface area contributed by atoms with Gasteiger partial charge in [0.1, 0.15) is 12.1 Å². The van der Waals surface area contributed by atoms with E-state index in [1.807, 2.05) is 30.3 Å². The Balaban J connectivity index is 1.52. The molecule has 1 heterocycles. The smallest absolute Gasteiger partial charge is 0.336 e. The summed E-state index contributed by atoms with van der Waals surface area (Å²) in [5, 5.41) is 5.64. The van der Waals surface area contributed by atoms with Crippen LogP contribution in [0, 0.1) is 0 Å². The van der Waals surface area contributed by atoms with E-state index < -0.39 is 0 Å². The van der Waals surface area contributed by atoms with Gasteiger partial charge in [0.25, 0.3) is 0 Å². The van der Waals surface area contributed by atoms with Crippen molar-refractivity contribution in [1.29, 1.82) is 0 Å². The molecule has 0 fully saturated rings. The zero-order valence-corrected chi connectivity index (χ0v) is 14.7. The van der Waals surface area contributed by atoms with Crippen LogP contribution in [0.5, 0.6) is 0 Å². The fraction of sp³-hybridized carbons (Fsp3) is 0.174. The molecule has 0 aliphatic carbocycles. The molecular formula is C23H22NO2+. The van der Waals surface area contributed by atoms with Crippen molar-refractivity contribution in [2.75, 3.05) is 6.54 Å². The maximum atomic E-state index is 11.9. The summed E-state index contributed by atoms with van der Waals surface area (Å²) in [5.41, 5.74) is 2.81. The molecule has 3 nitrogen and oxygen atoms in total. The molecule has 4 rings (SSSR count). The number of fused-ring (bicyclic) bond motifs is 3. The van der Waals surface area contributed by atoms with Crippen LogP contribution in [0.25, 0.3) is 21.7 Å². The monoisotopic (exact) mass is 344 g/mol. The fourth-order valence-corrected chi connectivity index (χ4v) is 3.53. The third-order valence-electron chi connectivity index (χ3n) is 4.80. The first-order valence-corrected chi connectivity index (χ1v) is 9.11. The van der Waals surface area contributed by atoms with Crippen molar-refractivity contribution in [3.05, 3.63) is 94.3 Å². The van der Waals surface area contributed by atoms with Crippen molar-refractivity contribution >= 4 is 21.7 Å². The largest absolute Gasteiger partial charge is 0.423 e. The molecular weight excluding hydrogens is 322 g/mol. The van der Waals surface area contributed by atoms with Crippen LogP contribution in [0.4, 0.5) is 0 Å². The van der Waals surface area contributed by atoms with E-state index in [1.54, 1.807) is 6.07 Å². The highest BCUT2D eigenvalue weighted by atomic mass is 16.4. The zero-order valence-electron chi connectivity index (χ0n) is 14.7. The molecule has 0 aliphatic heterocycles. The number of benzene rings is 3. The standard InChI is InChI=1S/C23H21NO2/c25-22-15-19(16-24-14-6-9-17-7-2-1-3-8-17)23-20-11-5-4-10-18(20)12-13-21(23)26-22/h1-5,7-8,10-13,15,24H,6,9,14,16H2/p+1. The number of aryl methyl sites for hydroxylation is 1. The number of hydrogen-bond donors (Lipinski definition) is 1. The lowest BCUT2D eigenvalue weighted by Crippen LogP contribution is -2.82. The summed E-state index contributed by atoms with van der Waals surface area (Å²) in [6, 6.07) is 24.3. The quantitative estimate of drug-likeness (QED) is 0.330. The van der Waals surface area contributed by atoms with Crippen LogP contribution in [0.15, 0.2) is 82.0 Å². The first-order valence-electron chi connectivity index (χ1n) is 9.11. The summed E-state index contributed by atoms with van der Waals surface area (Å²) in [6.45, 7) is 1.81. The average Bonchev–Trinajstić information content (AvgIpc) is 2.68. The van der Waals surface area contributed by atoms with Crippen LogP contribution in [-0.2, 0) is 13.0 Å². The van der Waals surface area contributed by atoms with E-state index in [2.05, 4.69) is 41.7 Å². The Bertz CT molecular complexity index is 1080. The van der Waals surface area contributed by atoms with E-state index in [9.17, 15) is 4.79 Å². The Morgan fingerprint density at radius 3 is 2.58 bits per heavy atom. The topological polar surface area (TPSA) is 46.8 Å². The molecule has 0 spiro atoms. The second-order valence-corrected chi connectivity index (χ2v) is 6.62. The summed E-state index contributed by atoms with van der Waals surface area (Å²) in [6.07, 6.45) is 2.20. The van der Waals surface area contributed by atoms with E-state index in [-0.39, 0.29) is 5.63 Å². The summed E-state index contributed by atoms with van der Waals surface area (Å²) in [7, 11) is 0. The second kappa shape index (κ2) is 7.54. The molecule has 2 N–H and O–H groups in total. The molecule has 4 aromatic rings. The van der Waals surface area contributed by atoms with Crippen LogP contribution in [-0.4, -0.2) is 6.54 Å². The van der Waals surface area contributed by atoms with Gasteiger partial charge in [-0.3, -0.25) is 0 Å². The number of hydrogen-bond acceptors (Lipinski definition) is 2. The SMILES string of the molecule is O=c1cc(C[NH2+]CCCc2ccccc2)c2c(ccc3ccccc32)o1. The van der Waals surface area contributed by atoms with Crippen LogP contribution in [0.1, 0.15) is 17.5 Å². The van der Waals surface area contributed by atoms with Gasteiger partial charge in [0.15, 0.2) is 0 Å². The highest BCUT2D eigenvalue weighted by molar-refractivity contribution is 6.06. The summed E-state index contributed by atoms with van der Waals surface area (Å²) in [5.74, 6) is 0. The Morgan fingerprint density at radius 1 is 0.885 bits per heavy atom. The van der Waals surface area contributed by atoms with Crippen LogP contribution >= 0.6 is 0 Å². The van der Waals surface area contributed by atoms with Gasteiger partial charge in [-0.15, -0.1) is 0 Å². The summed E-state index contributed by atoms with van der Waals surface area (Å²) >= 11 is 0. The Labute approximate surface area is 152 Å². The Morgan fingerprint density at radius 2 is 1.69 bits per heavy atom. The molecule has 26 heavy (non-hydrogen) atoms. The number of nitrogens with two attached hydrogens (primary N) is 1. The maximum Gasteiger partial charge on any atom is 0.336 e. The molecule has 3 aromatic carbocycles. The molecule has 0 radical (unpaired) electrons. The van der Waals surface area contributed by atoms with Crippen molar-refractivity contribution in [1.82, 2.24) is 0 Å². The van der Waals surface area contributed by atoms with Gasteiger partial charge in [-0.05, 0) is 28.8 Å². The molecule has 3 heteroatoms. The van der Waals surface area contributed by atoms with Gasteiger partial charge >= 0.3 is 5.63 Å².